The minimum absolute atomic E-state index is 0.0753. The SMILES string of the molecule is Cc1cccc(C)c1OP(=O)(Oc1ccccc1)Oc1cccc(OP(=O)(Oc2ccccc2)Oc2c(C)cccc2C)c1. The van der Waals surface area contributed by atoms with Crippen LogP contribution in [0.2, 0.25) is 0 Å². The van der Waals surface area contributed by atoms with Crippen LogP contribution in [0.25, 0.3) is 0 Å². The third-order valence-corrected chi connectivity index (χ3v) is 8.93. The van der Waals surface area contributed by atoms with Crippen molar-refractivity contribution in [2.75, 3.05) is 0 Å². The van der Waals surface area contributed by atoms with E-state index in [0.717, 1.165) is 22.3 Å². The summed E-state index contributed by atoms with van der Waals surface area (Å²) in [6.45, 7) is 7.35. The van der Waals surface area contributed by atoms with E-state index in [4.69, 9.17) is 27.1 Å². The number of rotatable bonds is 12. The van der Waals surface area contributed by atoms with Crippen molar-refractivity contribution in [3.63, 3.8) is 0 Å². The zero-order chi connectivity index (χ0) is 31.2. The molecule has 0 aliphatic heterocycles. The van der Waals surface area contributed by atoms with Gasteiger partial charge in [0.05, 0.1) is 0 Å². The standard InChI is InChI=1S/C34H32O8P2/c1-25-14-11-15-26(2)33(25)41-43(35,37-29-18-7-5-8-19-29)39-31-22-13-23-32(24-31)40-44(36,38-30-20-9-6-10-21-30)42-34-27(3)16-12-17-28(34)4/h5-24H,1-4H3. The van der Waals surface area contributed by atoms with E-state index >= 15 is 0 Å². The Labute approximate surface area is 257 Å². The van der Waals surface area contributed by atoms with Crippen molar-refractivity contribution in [2.45, 2.75) is 27.7 Å². The van der Waals surface area contributed by atoms with E-state index in [9.17, 15) is 9.13 Å². The monoisotopic (exact) mass is 630 g/mol. The van der Waals surface area contributed by atoms with Crippen LogP contribution in [0, 0.1) is 27.7 Å². The molecule has 5 aromatic carbocycles. The zero-order valence-electron chi connectivity index (χ0n) is 24.7. The summed E-state index contributed by atoms with van der Waals surface area (Å²) in [6.07, 6.45) is 0. The first kappa shape index (κ1) is 30.8. The summed E-state index contributed by atoms with van der Waals surface area (Å²) in [6, 6.07) is 34.4. The first-order chi connectivity index (χ1) is 21.1. The molecule has 0 spiro atoms. The summed E-state index contributed by atoms with van der Waals surface area (Å²) < 4.78 is 63.7. The van der Waals surface area contributed by atoms with E-state index in [-0.39, 0.29) is 23.0 Å². The average Bonchev–Trinajstić information content (AvgIpc) is 2.98. The average molecular weight is 631 g/mol. The molecule has 226 valence electrons. The van der Waals surface area contributed by atoms with Gasteiger partial charge >= 0.3 is 15.6 Å². The smallest absolute Gasteiger partial charge is 0.386 e. The summed E-state index contributed by atoms with van der Waals surface area (Å²) in [5, 5.41) is 0. The highest BCUT2D eigenvalue weighted by atomic mass is 31.2. The highest BCUT2D eigenvalue weighted by Gasteiger charge is 2.36. The van der Waals surface area contributed by atoms with Gasteiger partial charge in [-0.25, -0.2) is 0 Å². The number of aryl methyl sites for hydroxylation is 4. The van der Waals surface area contributed by atoms with Crippen molar-refractivity contribution in [2.24, 2.45) is 0 Å². The summed E-state index contributed by atoms with van der Waals surface area (Å²) in [5.74, 6) is 1.48. The second-order valence-electron chi connectivity index (χ2n) is 9.98. The van der Waals surface area contributed by atoms with Crippen LogP contribution in [-0.2, 0) is 9.13 Å². The fourth-order valence-corrected chi connectivity index (χ4v) is 7.04. The predicted molar refractivity (Wildman–Crippen MR) is 170 cm³/mol. The van der Waals surface area contributed by atoms with Gasteiger partial charge < -0.3 is 27.1 Å². The molecule has 0 N–H and O–H groups in total. The Bertz CT molecular complexity index is 1660. The molecule has 0 aliphatic carbocycles. The van der Waals surface area contributed by atoms with E-state index < -0.39 is 15.6 Å². The zero-order valence-corrected chi connectivity index (χ0v) is 26.5. The van der Waals surface area contributed by atoms with Gasteiger partial charge in [0.2, 0.25) is 0 Å². The van der Waals surface area contributed by atoms with Crippen molar-refractivity contribution < 1.29 is 36.3 Å². The van der Waals surface area contributed by atoms with Crippen LogP contribution in [0.1, 0.15) is 22.3 Å². The molecule has 0 saturated heterocycles. The Morgan fingerprint density at radius 2 is 0.659 bits per heavy atom. The van der Waals surface area contributed by atoms with E-state index in [1.807, 2.05) is 76.2 Å². The molecule has 0 aliphatic rings. The highest BCUT2D eigenvalue weighted by Crippen LogP contribution is 2.54. The van der Waals surface area contributed by atoms with Crippen LogP contribution in [0.5, 0.6) is 34.5 Å². The van der Waals surface area contributed by atoms with Gasteiger partial charge in [0.1, 0.15) is 34.5 Å². The predicted octanol–water partition coefficient (Wildman–Crippen LogP) is 10.2. The molecule has 0 amide bonds. The Kier molecular flexibility index (Phi) is 9.34. The van der Waals surface area contributed by atoms with Crippen LogP contribution in [0.3, 0.4) is 0 Å². The Morgan fingerprint density at radius 3 is 1.02 bits per heavy atom. The van der Waals surface area contributed by atoms with E-state index in [0.29, 0.717) is 11.5 Å². The maximum absolute atomic E-state index is 14.2. The van der Waals surface area contributed by atoms with Crippen LogP contribution < -0.4 is 27.1 Å². The molecule has 2 unspecified atom stereocenters. The number of phosphoric ester groups is 2. The molecule has 8 nitrogen and oxygen atoms in total. The summed E-state index contributed by atoms with van der Waals surface area (Å²) in [4.78, 5) is 0. The lowest BCUT2D eigenvalue weighted by molar-refractivity contribution is 0.293. The topological polar surface area (TPSA) is 89.5 Å². The fraction of sp³-hybridized carbons (Fsp3) is 0.118. The molecule has 0 aromatic heterocycles. The Morgan fingerprint density at radius 1 is 0.364 bits per heavy atom. The Balaban J connectivity index is 1.46. The van der Waals surface area contributed by atoms with Gasteiger partial charge in [-0.05, 0) is 86.3 Å². The molecule has 0 heterocycles. The molecule has 0 radical (unpaired) electrons. The first-order valence-electron chi connectivity index (χ1n) is 13.8. The largest absolute Gasteiger partial charge is 0.647 e. The molecule has 2 atom stereocenters. The Hall–Kier alpha value is -4.64. The van der Waals surface area contributed by atoms with E-state index in [2.05, 4.69) is 0 Å². The molecule has 0 fully saturated rings. The van der Waals surface area contributed by atoms with Gasteiger partial charge in [0.15, 0.2) is 0 Å². The number of benzene rings is 5. The molecule has 10 heteroatoms. The van der Waals surface area contributed by atoms with E-state index in [1.165, 1.54) is 6.07 Å². The normalized spacial score (nSPS) is 13.5. The van der Waals surface area contributed by atoms with Crippen LogP contribution in [0.15, 0.2) is 121 Å². The number of hydrogen-bond donors (Lipinski definition) is 0. The first-order valence-corrected chi connectivity index (χ1v) is 16.7. The van der Waals surface area contributed by atoms with Crippen molar-refractivity contribution in [3.8, 4) is 34.5 Å². The minimum atomic E-state index is -4.32. The molecular formula is C34H32O8P2. The molecule has 0 bridgehead atoms. The maximum Gasteiger partial charge on any atom is 0.647 e. The minimum Gasteiger partial charge on any atom is -0.386 e. The van der Waals surface area contributed by atoms with Gasteiger partial charge in [-0.3, -0.25) is 0 Å². The van der Waals surface area contributed by atoms with Crippen molar-refractivity contribution in [3.05, 3.63) is 144 Å². The van der Waals surface area contributed by atoms with Crippen molar-refractivity contribution >= 4 is 15.6 Å². The van der Waals surface area contributed by atoms with Crippen LogP contribution in [-0.4, -0.2) is 0 Å². The number of para-hydroxylation sites is 4. The third kappa shape index (κ3) is 7.84. The lowest BCUT2D eigenvalue weighted by Gasteiger charge is -2.23. The third-order valence-electron chi connectivity index (χ3n) is 6.38. The lowest BCUT2D eigenvalue weighted by atomic mass is 10.1. The fourth-order valence-electron chi connectivity index (χ4n) is 4.29. The van der Waals surface area contributed by atoms with Crippen LogP contribution >= 0.6 is 15.6 Å². The summed E-state index contributed by atoms with van der Waals surface area (Å²) in [5.41, 5.74) is 3.02. The van der Waals surface area contributed by atoms with Gasteiger partial charge in [-0.2, -0.15) is 9.13 Å². The van der Waals surface area contributed by atoms with Crippen molar-refractivity contribution in [1.82, 2.24) is 0 Å². The molecular weight excluding hydrogens is 598 g/mol. The van der Waals surface area contributed by atoms with E-state index in [1.54, 1.807) is 66.7 Å². The highest BCUT2D eigenvalue weighted by molar-refractivity contribution is 7.50. The molecule has 44 heavy (non-hydrogen) atoms. The molecule has 0 saturated carbocycles. The number of phosphoric acid groups is 2. The summed E-state index contributed by atoms with van der Waals surface area (Å²) in [7, 11) is -8.64. The quantitative estimate of drug-likeness (QED) is 0.126. The maximum atomic E-state index is 14.2. The van der Waals surface area contributed by atoms with Crippen LogP contribution in [0.4, 0.5) is 0 Å². The van der Waals surface area contributed by atoms with Gasteiger partial charge in [0, 0.05) is 6.07 Å². The second-order valence-corrected chi connectivity index (χ2v) is 12.9. The van der Waals surface area contributed by atoms with Gasteiger partial charge in [-0.15, -0.1) is 0 Å². The van der Waals surface area contributed by atoms with Gasteiger partial charge in [0.25, 0.3) is 0 Å². The van der Waals surface area contributed by atoms with Gasteiger partial charge in [-0.1, -0.05) is 78.9 Å². The lowest BCUT2D eigenvalue weighted by Crippen LogP contribution is -2.10. The molecule has 5 aromatic rings. The summed E-state index contributed by atoms with van der Waals surface area (Å²) >= 11 is 0. The van der Waals surface area contributed by atoms with Crippen molar-refractivity contribution in [1.29, 1.82) is 0 Å². The number of hydrogen-bond acceptors (Lipinski definition) is 8. The molecule has 5 rings (SSSR count). The second kappa shape index (κ2) is 13.3.